The lowest BCUT2D eigenvalue weighted by atomic mass is 10.0. The van der Waals surface area contributed by atoms with Crippen molar-refractivity contribution in [2.75, 3.05) is 0 Å². The normalized spacial score (nSPS) is 11.9. The molecule has 80 valence electrons. The molecule has 0 aliphatic rings. The van der Waals surface area contributed by atoms with Gasteiger partial charge in [-0.1, -0.05) is 42.2 Å². The molecule has 0 radical (unpaired) electrons. The Morgan fingerprint density at radius 1 is 1.06 bits per heavy atom. The van der Waals surface area contributed by atoms with Crippen LogP contribution in [0.25, 0.3) is 10.8 Å². The average molecular weight is 209 g/mol. The third kappa shape index (κ3) is 2.08. The molecule has 0 aromatic heterocycles. The topological polar surface area (TPSA) is 26.0 Å². The molecule has 0 spiro atoms. The number of nitrogens with two attached hydrogens (primary N) is 1. The summed E-state index contributed by atoms with van der Waals surface area (Å²) in [5.74, 6) is 6.14. The van der Waals surface area contributed by atoms with Gasteiger partial charge in [0.05, 0.1) is 6.04 Å². The molecule has 0 aliphatic heterocycles. The second-order valence-electron chi connectivity index (χ2n) is 4.03. The third-order valence-electron chi connectivity index (χ3n) is 2.58. The van der Waals surface area contributed by atoms with Gasteiger partial charge in [0.15, 0.2) is 0 Å². The van der Waals surface area contributed by atoms with Crippen LogP contribution in [-0.2, 0) is 0 Å². The molecular formula is C15H15N. The maximum absolute atomic E-state index is 5.64. The van der Waals surface area contributed by atoms with E-state index < -0.39 is 0 Å². The first kappa shape index (κ1) is 10.7. The predicted octanol–water partition coefficient (Wildman–Crippen LogP) is 2.85. The summed E-state index contributed by atoms with van der Waals surface area (Å²) in [6.45, 7) is 4.01. The van der Waals surface area contributed by atoms with Crippen LogP contribution in [0.2, 0.25) is 0 Å². The van der Waals surface area contributed by atoms with Crippen molar-refractivity contribution in [3.63, 3.8) is 0 Å². The van der Waals surface area contributed by atoms with E-state index in [0.29, 0.717) is 0 Å². The molecule has 1 unspecified atom stereocenters. The summed E-state index contributed by atoms with van der Waals surface area (Å²) in [4.78, 5) is 0. The highest BCUT2D eigenvalue weighted by molar-refractivity contribution is 5.90. The molecule has 1 atom stereocenters. The molecule has 0 bridgehead atoms. The molecule has 1 heteroatoms. The van der Waals surface area contributed by atoms with E-state index in [4.69, 9.17) is 5.73 Å². The molecule has 2 N–H and O–H groups in total. The third-order valence-corrected chi connectivity index (χ3v) is 2.58. The number of hydrogen-bond acceptors (Lipinski definition) is 1. The van der Waals surface area contributed by atoms with E-state index in [-0.39, 0.29) is 6.04 Å². The first-order chi connectivity index (χ1) is 7.68. The molecule has 2 aromatic rings. The quantitative estimate of drug-likeness (QED) is 0.663. The number of fused-ring (bicyclic) bond motifs is 1. The molecule has 0 aliphatic carbocycles. The minimum Gasteiger partial charge on any atom is -0.318 e. The monoisotopic (exact) mass is 209 g/mol. The van der Waals surface area contributed by atoms with Crippen LogP contribution in [0.4, 0.5) is 0 Å². The van der Waals surface area contributed by atoms with Crippen molar-refractivity contribution >= 4 is 10.8 Å². The highest BCUT2D eigenvalue weighted by Crippen LogP contribution is 2.21. The molecular weight excluding hydrogens is 194 g/mol. The van der Waals surface area contributed by atoms with Crippen molar-refractivity contribution in [2.24, 2.45) is 5.73 Å². The van der Waals surface area contributed by atoms with Crippen LogP contribution in [0, 0.1) is 18.8 Å². The minimum atomic E-state index is -0.0833. The molecule has 16 heavy (non-hydrogen) atoms. The zero-order chi connectivity index (χ0) is 11.5. The van der Waals surface area contributed by atoms with E-state index in [0.717, 1.165) is 5.56 Å². The van der Waals surface area contributed by atoms with Gasteiger partial charge in [0, 0.05) is 5.56 Å². The predicted molar refractivity (Wildman–Crippen MR) is 69.2 cm³/mol. The van der Waals surface area contributed by atoms with Crippen molar-refractivity contribution in [1.29, 1.82) is 0 Å². The Kier molecular flexibility index (Phi) is 2.94. The second-order valence-corrected chi connectivity index (χ2v) is 4.03. The van der Waals surface area contributed by atoms with Crippen molar-refractivity contribution in [3.05, 3.63) is 47.5 Å². The Morgan fingerprint density at radius 2 is 1.75 bits per heavy atom. The van der Waals surface area contributed by atoms with E-state index in [1.807, 2.05) is 13.0 Å². The van der Waals surface area contributed by atoms with E-state index >= 15 is 0 Å². The summed E-state index contributed by atoms with van der Waals surface area (Å²) in [6, 6.07) is 12.4. The number of aryl methyl sites for hydroxylation is 1. The molecule has 1 nitrogen and oxygen atoms in total. The summed E-state index contributed by atoms with van der Waals surface area (Å²) >= 11 is 0. The Bertz CT molecular complexity index is 571. The Labute approximate surface area is 96.3 Å². The van der Waals surface area contributed by atoms with Crippen LogP contribution in [0.15, 0.2) is 36.4 Å². The van der Waals surface area contributed by atoms with E-state index in [1.165, 1.54) is 16.3 Å². The lowest BCUT2D eigenvalue weighted by Gasteiger charge is -2.04. The molecule has 2 aromatic carbocycles. The van der Waals surface area contributed by atoms with Gasteiger partial charge in [-0.05, 0) is 36.2 Å². The Morgan fingerprint density at radius 3 is 2.44 bits per heavy atom. The maximum atomic E-state index is 5.64. The van der Waals surface area contributed by atoms with Crippen molar-refractivity contribution < 1.29 is 0 Å². The molecule has 0 saturated carbocycles. The Hall–Kier alpha value is -1.78. The van der Waals surface area contributed by atoms with Gasteiger partial charge in [-0.15, -0.1) is 0 Å². The fourth-order valence-electron chi connectivity index (χ4n) is 1.75. The lowest BCUT2D eigenvalue weighted by Crippen LogP contribution is -2.10. The van der Waals surface area contributed by atoms with Gasteiger partial charge >= 0.3 is 0 Å². The van der Waals surface area contributed by atoms with Gasteiger partial charge in [0.1, 0.15) is 0 Å². The SMILES string of the molecule is Cc1ccc(C#CC(C)N)c2ccccc12. The molecule has 2 rings (SSSR count). The van der Waals surface area contributed by atoms with Crippen LogP contribution in [0.3, 0.4) is 0 Å². The zero-order valence-electron chi connectivity index (χ0n) is 9.62. The first-order valence-corrected chi connectivity index (χ1v) is 5.44. The zero-order valence-corrected chi connectivity index (χ0v) is 9.62. The van der Waals surface area contributed by atoms with Crippen molar-refractivity contribution in [1.82, 2.24) is 0 Å². The summed E-state index contributed by atoms with van der Waals surface area (Å²) in [7, 11) is 0. The number of benzene rings is 2. The smallest absolute Gasteiger partial charge is 0.0639 e. The van der Waals surface area contributed by atoms with Gasteiger partial charge in [0.2, 0.25) is 0 Å². The molecule has 0 heterocycles. The lowest BCUT2D eigenvalue weighted by molar-refractivity contribution is 0.959. The minimum absolute atomic E-state index is 0.0833. The van der Waals surface area contributed by atoms with Crippen molar-refractivity contribution in [3.8, 4) is 11.8 Å². The highest BCUT2D eigenvalue weighted by Gasteiger charge is 2.00. The van der Waals surface area contributed by atoms with Gasteiger partial charge in [0.25, 0.3) is 0 Å². The van der Waals surface area contributed by atoms with Crippen LogP contribution in [-0.4, -0.2) is 6.04 Å². The first-order valence-electron chi connectivity index (χ1n) is 5.44. The highest BCUT2D eigenvalue weighted by atomic mass is 14.6. The summed E-state index contributed by atoms with van der Waals surface area (Å²) in [6.07, 6.45) is 0. The van der Waals surface area contributed by atoms with Crippen LogP contribution in [0.5, 0.6) is 0 Å². The molecule has 0 amide bonds. The summed E-state index contributed by atoms with van der Waals surface area (Å²) in [5.41, 5.74) is 7.97. The number of rotatable bonds is 0. The van der Waals surface area contributed by atoms with Crippen LogP contribution in [0.1, 0.15) is 18.1 Å². The molecule has 0 saturated heterocycles. The fraction of sp³-hybridized carbons (Fsp3) is 0.200. The number of hydrogen-bond donors (Lipinski definition) is 1. The largest absolute Gasteiger partial charge is 0.318 e. The van der Waals surface area contributed by atoms with Gasteiger partial charge in [-0.25, -0.2) is 0 Å². The van der Waals surface area contributed by atoms with E-state index in [2.05, 4.69) is 49.1 Å². The van der Waals surface area contributed by atoms with Gasteiger partial charge in [-0.2, -0.15) is 0 Å². The fourth-order valence-corrected chi connectivity index (χ4v) is 1.75. The maximum Gasteiger partial charge on any atom is 0.0639 e. The second kappa shape index (κ2) is 4.38. The van der Waals surface area contributed by atoms with Crippen LogP contribution < -0.4 is 5.73 Å². The van der Waals surface area contributed by atoms with E-state index in [1.54, 1.807) is 0 Å². The van der Waals surface area contributed by atoms with Gasteiger partial charge < -0.3 is 5.73 Å². The standard InChI is InChI=1S/C15H15N/c1-11-7-9-13(10-8-12(2)16)15-6-4-3-5-14(11)15/h3-7,9,12H,16H2,1-2H3. The van der Waals surface area contributed by atoms with E-state index in [9.17, 15) is 0 Å². The average Bonchev–Trinajstić information content (AvgIpc) is 2.28. The van der Waals surface area contributed by atoms with Crippen molar-refractivity contribution in [2.45, 2.75) is 19.9 Å². The van der Waals surface area contributed by atoms with Gasteiger partial charge in [-0.3, -0.25) is 0 Å². The van der Waals surface area contributed by atoms with Crippen LogP contribution >= 0.6 is 0 Å². The Balaban J connectivity index is 2.65. The summed E-state index contributed by atoms with van der Waals surface area (Å²) in [5, 5.41) is 2.47. The molecule has 0 fully saturated rings. The summed E-state index contributed by atoms with van der Waals surface area (Å²) < 4.78 is 0.